The number of rotatable bonds is 4. The highest BCUT2D eigenvalue weighted by Gasteiger charge is 2.35. The van der Waals surface area contributed by atoms with Crippen LogP contribution in [-0.2, 0) is 11.3 Å². The molecule has 24 heavy (non-hydrogen) atoms. The number of nitrogens with zero attached hydrogens (tertiary/aromatic N) is 4. The lowest BCUT2D eigenvalue weighted by atomic mass is 10.0. The molecular weight excluding hydrogens is 304 g/mol. The molecule has 1 amide bonds. The van der Waals surface area contributed by atoms with Gasteiger partial charge in [-0.2, -0.15) is 0 Å². The molecule has 0 saturated carbocycles. The summed E-state index contributed by atoms with van der Waals surface area (Å²) < 4.78 is 1.41. The van der Waals surface area contributed by atoms with Crippen LogP contribution in [0.15, 0.2) is 35.4 Å². The van der Waals surface area contributed by atoms with Gasteiger partial charge in [-0.25, -0.2) is 4.98 Å². The highest BCUT2D eigenvalue weighted by Crippen LogP contribution is 2.23. The monoisotopic (exact) mass is 328 g/mol. The van der Waals surface area contributed by atoms with Crippen LogP contribution in [-0.4, -0.2) is 58.5 Å². The minimum atomic E-state index is -0.163. The van der Waals surface area contributed by atoms with Crippen molar-refractivity contribution in [3.8, 4) is 0 Å². The third kappa shape index (κ3) is 3.06. The van der Waals surface area contributed by atoms with Gasteiger partial charge in [0.1, 0.15) is 6.54 Å². The fourth-order valence-corrected chi connectivity index (χ4v) is 3.51. The van der Waals surface area contributed by atoms with Crippen LogP contribution in [0.3, 0.4) is 0 Å². The normalized spacial score (nSPS) is 20.9. The molecule has 1 aromatic heterocycles. The maximum atomic E-state index is 12.7. The fourth-order valence-electron chi connectivity index (χ4n) is 3.51. The molecule has 1 aliphatic heterocycles. The zero-order chi connectivity index (χ0) is 17.3. The van der Waals surface area contributed by atoms with Crippen molar-refractivity contribution in [2.75, 3.05) is 27.2 Å². The lowest BCUT2D eigenvalue weighted by molar-refractivity contribution is -0.131. The van der Waals surface area contributed by atoms with Crippen molar-refractivity contribution in [3.05, 3.63) is 40.9 Å². The van der Waals surface area contributed by atoms with Crippen molar-refractivity contribution >= 4 is 16.8 Å². The van der Waals surface area contributed by atoms with E-state index in [2.05, 4.69) is 30.9 Å². The van der Waals surface area contributed by atoms with E-state index in [4.69, 9.17) is 0 Å². The molecule has 2 atom stereocenters. The number of fused-ring (bicyclic) bond motifs is 1. The lowest BCUT2D eigenvalue weighted by Crippen LogP contribution is -2.38. The molecule has 128 valence electrons. The first-order chi connectivity index (χ1) is 11.5. The summed E-state index contributed by atoms with van der Waals surface area (Å²) in [5.41, 5.74) is 0.496. The minimum absolute atomic E-state index is 0.0167. The Balaban J connectivity index is 1.78. The molecule has 1 aromatic carbocycles. The third-order valence-corrected chi connectivity index (χ3v) is 4.98. The summed E-state index contributed by atoms with van der Waals surface area (Å²) >= 11 is 0. The first-order valence-electron chi connectivity index (χ1n) is 8.39. The standard InChI is InChI=1S/C18H24N4O2/c1-4-13-9-21(10-16(13)20(2)3)17(23)11-22-12-19-15-8-6-5-7-14(15)18(22)24/h5-8,12-13,16H,4,9-11H2,1-3H3. The van der Waals surface area contributed by atoms with Gasteiger partial charge >= 0.3 is 0 Å². The van der Waals surface area contributed by atoms with Crippen molar-refractivity contribution in [2.45, 2.75) is 25.9 Å². The lowest BCUT2D eigenvalue weighted by Gasteiger charge is -2.23. The number of likely N-dealkylation sites (tertiary alicyclic amines) is 1. The van der Waals surface area contributed by atoms with E-state index < -0.39 is 0 Å². The number of carbonyl (C=O) groups excluding carboxylic acids is 1. The number of amides is 1. The van der Waals surface area contributed by atoms with Crippen LogP contribution >= 0.6 is 0 Å². The number of para-hydroxylation sites is 1. The quantitative estimate of drug-likeness (QED) is 0.846. The molecule has 0 N–H and O–H groups in total. The zero-order valence-corrected chi connectivity index (χ0v) is 14.5. The molecule has 6 nitrogen and oxygen atoms in total. The van der Waals surface area contributed by atoms with Crippen LogP contribution in [0, 0.1) is 5.92 Å². The Bertz CT molecular complexity index is 799. The first-order valence-corrected chi connectivity index (χ1v) is 8.39. The van der Waals surface area contributed by atoms with E-state index in [1.165, 1.54) is 10.9 Å². The predicted octanol–water partition coefficient (Wildman–Crippen LogP) is 1.20. The Morgan fingerprint density at radius 2 is 2.04 bits per heavy atom. The second-order valence-corrected chi connectivity index (χ2v) is 6.69. The number of aromatic nitrogens is 2. The molecule has 0 bridgehead atoms. The minimum Gasteiger partial charge on any atom is -0.339 e. The molecular formula is C18H24N4O2. The van der Waals surface area contributed by atoms with Crippen molar-refractivity contribution < 1.29 is 4.79 Å². The van der Waals surface area contributed by atoms with Gasteiger partial charge in [0.2, 0.25) is 5.91 Å². The summed E-state index contributed by atoms with van der Waals surface area (Å²) in [7, 11) is 4.11. The average Bonchev–Trinajstić information content (AvgIpc) is 3.02. The van der Waals surface area contributed by atoms with Crippen LogP contribution in [0.5, 0.6) is 0 Å². The van der Waals surface area contributed by atoms with Gasteiger partial charge in [-0.1, -0.05) is 25.5 Å². The Labute approximate surface area is 141 Å². The SMILES string of the molecule is CCC1CN(C(=O)Cn2cnc3ccccc3c2=O)CC1N(C)C. The van der Waals surface area contributed by atoms with Gasteiger partial charge in [0.15, 0.2) is 0 Å². The van der Waals surface area contributed by atoms with Gasteiger partial charge in [-0.3, -0.25) is 14.2 Å². The van der Waals surface area contributed by atoms with Crippen molar-refractivity contribution in [1.29, 1.82) is 0 Å². The van der Waals surface area contributed by atoms with Crippen molar-refractivity contribution in [2.24, 2.45) is 5.92 Å². The molecule has 3 rings (SSSR count). The molecule has 1 saturated heterocycles. The summed E-state index contributed by atoms with van der Waals surface area (Å²) in [6.07, 6.45) is 2.52. The third-order valence-electron chi connectivity index (χ3n) is 4.98. The molecule has 6 heteroatoms. The topological polar surface area (TPSA) is 58.4 Å². The van der Waals surface area contributed by atoms with E-state index in [0.29, 0.717) is 22.9 Å². The van der Waals surface area contributed by atoms with E-state index >= 15 is 0 Å². The van der Waals surface area contributed by atoms with Gasteiger partial charge < -0.3 is 9.80 Å². The predicted molar refractivity (Wildman–Crippen MR) is 93.8 cm³/mol. The number of carbonyl (C=O) groups is 1. The zero-order valence-electron chi connectivity index (χ0n) is 14.5. The molecule has 0 aliphatic carbocycles. The van der Waals surface area contributed by atoms with E-state index in [-0.39, 0.29) is 18.0 Å². The fraction of sp³-hybridized carbons (Fsp3) is 0.500. The number of benzene rings is 1. The summed E-state index contributed by atoms with van der Waals surface area (Å²) in [6, 6.07) is 7.59. The second kappa shape index (κ2) is 6.73. The maximum absolute atomic E-state index is 12.7. The van der Waals surface area contributed by atoms with Crippen LogP contribution in [0.4, 0.5) is 0 Å². The van der Waals surface area contributed by atoms with E-state index in [9.17, 15) is 9.59 Å². The van der Waals surface area contributed by atoms with Crippen LogP contribution in [0.2, 0.25) is 0 Å². The summed E-state index contributed by atoms with van der Waals surface area (Å²) in [5, 5.41) is 0.548. The number of hydrogen-bond donors (Lipinski definition) is 0. The van der Waals surface area contributed by atoms with E-state index in [0.717, 1.165) is 19.5 Å². The number of likely N-dealkylation sites (N-methyl/N-ethyl adjacent to an activating group) is 1. The van der Waals surface area contributed by atoms with Crippen molar-refractivity contribution in [3.63, 3.8) is 0 Å². The molecule has 1 fully saturated rings. The van der Waals surface area contributed by atoms with Gasteiger partial charge in [0.05, 0.1) is 17.2 Å². The Morgan fingerprint density at radius 3 is 2.71 bits per heavy atom. The first kappa shape index (κ1) is 16.6. The van der Waals surface area contributed by atoms with Crippen LogP contribution in [0.1, 0.15) is 13.3 Å². The molecule has 2 heterocycles. The Kier molecular flexibility index (Phi) is 4.66. The summed E-state index contributed by atoms with van der Waals surface area (Å²) in [4.78, 5) is 33.5. The summed E-state index contributed by atoms with van der Waals surface area (Å²) in [5.74, 6) is 0.465. The highest BCUT2D eigenvalue weighted by atomic mass is 16.2. The van der Waals surface area contributed by atoms with E-state index in [1.807, 2.05) is 17.0 Å². The Hall–Kier alpha value is -2.21. The Morgan fingerprint density at radius 1 is 1.29 bits per heavy atom. The van der Waals surface area contributed by atoms with Crippen molar-refractivity contribution in [1.82, 2.24) is 19.4 Å². The molecule has 0 spiro atoms. The van der Waals surface area contributed by atoms with Gasteiger partial charge in [-0.15, -0.1) is 0 Å². The molecule has 2 unspecified atom stereocenters. The average molecular weight is 328 g/mol. The van der Waals surface area contributed by atoms with E-state index in [1.54, 1.807) is 12.1 Å². The van der Waals surface area contributed by atoms with Gasteiger partial charge in [0.25, 0.3) is 5.56 Å². The molecule has 1 aliphatic rings. The second-order valence-electron chi connectivity index (χ2n) is 6.69. The largest absolute Gasteiger partial charge is 0.339 e. The van der Waals surface area contributed by atoms with Gasteiger partial charge in [-0.05, 0) is 32.1 Å². The highest BCUT2D eigenvalue weighted by molar-refractivity contribution is 5.79. The summed E-state index contributed by atoms with van der Waals surface area (Å²) in [6.45, 7) is 3.69. The van der Waals surface area contributed by atoms with Gasteiger partial charge in [0, 0.05) is 19.1 Å². The van der Waals surface area contributed by atoms with Crippen LogP contribution < -0.4 is 5.56 Å². The van der Waals surface area contributed by atoms with Crippen LogP contribution in [0.25, 0.3) is 10.9 Å². The smallest absolute Gasteiger partial charge is 0.261 e. The number of hydrogen-bond acceptors (Lipinski definition) is 4. The molecule has 2 aromatic rings. The maximum Gasteiger partial charge on any atom is 0.261 e. The molecule has 0 radical (unpaired) electrons.